The number of carbonyl (C=O) groups excluding carboxylic acids is 1. The van der Waals surface area contributed by atoms with Crippen molar-refractivity contribution < 1.29 is 9.53 Å². The predicted octanol–water partition coefficient (Wildman–Crippen LogP) is 2.22. The molecule has 1 aromatic heterocycles. The summed E-state index contributed by atoms with van der Waals surface area (Å²) in [6, 6.07) is 5.72. The van der Waals surface area contributed by atoms with E-state index in [4.69, 9.17) is 16.3 Å². The molecule has 2 atom stereocenters. The van der Waals surface area contributed by atoms with Crippen molar-refractivity contribution in [3.8, 4) is 5.75 Å². The summed E-state index contributed by atoms with van der Waals surface area (Å²) in [5, 5.41) is 3.84. The van der Waals surface area contributed by atoms with Crippen molar-refractivity contribution in [2.24, 2.45) is 5.92 Å². The van der Waals surface area contributed by atoms with Crippen LogP contribution in [0.3, 0.4) is 0 Å². The number of hydrogen-bond acceptors (Lipinski definition) is 3. The van der Waals surface area contributed by atoms with Gasteiger partial charge < -0.3 is 14.6 Å². The first-order valence-electron chi connectivity index (χ1n) is 7.90. The topological polar surface area (TPSA) is 56.2 Å². The van der Waals surface area contributed by atoms with Gasteiger partial charge in [0.05, 0.1) is 5.92 Å². The Morgan fingerprint density at radius 1 is 1.43 bits per heavy atom. The predicted molar refractivity (Wildman–Crippen MR) is 86.6 cm³/mol. The number of imidazole rings is 1. The zero-order valence-corrected chi connectivity index (χ0v) is 13.4. The Balaban J connectivity index is 1.41. The van der Waals surface area contributed by atoms with Gasteiger partial charge in [-0.15, -0.1) is 0 Å². The molecule has 5 nitrogen and oxygen atoms in total. The van der Waals surface area contributed by atoms with E-state index in [9.17, 15) is 4.79 Å². The molecular weight excluding hydrogens is 314 g/mol. The minimum Gasteiger partial charge on any atom is -0.492 e. The lowest BCUT2D eigenvalue weighted by Crippen LogP contribution is -2.46. The number of nitrogens with one attached hydrogen (secondary N) is 1. The number of halogens is 1. The highest BCUT2D eigenvalue weighted by Crippen LogP contribution is 2.30. The van der Waals surface area contributed by atoms with E-state index in [0.29, 0.717) is 18.1 Å². The van der Waals surface area contributed by atoms with E-state index < -0.39 is 0 Å². The molecule has 0 spiro atoms. The first-order chi connectivity index (χ1) is 11.2. The van der Waals surface area contributed by atoms with Crippen molar-refractivity contribution >= 4 is 17.5 Å². The molecule has 1 aromatic carbocycles. The van der Waals surface area contributed by atoms with Gasteiger partial charge in [0.2, 0.25) is 5.91 Å². The summed E-state index contributed by atoms with van der Waals surface area (Å²) in [6.45, 7) is 1.21. The van der Waals surface area contributed by atoms with Crippen molar-refractivity contribution in [1.29, 1.82) is 0 Å². The van der Waals surface area contributed by atoms with Gasteiger partial charge in [0.15, 0.2) is 0 Å². The van der Waals surface area contributed by atoms with Gasteiger partial charge in [-0.25, -0.2) is 4.98 Å². The summed E-state index contributed by atoms with van der Waals surface area (Å²) in [6.07, 6.45) is 6.28. The Labute approximate surface area is 139 Å². The Morgan fingerprint density at radius 3 is 3.26 bits per heavy atom. The van der Waals surface area contributed by atoms with Crippen LogP contribution in [-0.4, -0.2) is 28.1 Å². The third kappa shape index (κ3) is 2.93. The van der Waals surface area contributed by atoms with Crippen LogP contribution in [-0.2, 0) is 24.2 Å². The van der Waals surface area contributed by atoms with Crippen LogP contribution in [0.15, 0.2) is 30.6 Å². The van der Waals surface area contributed by atoms with Gasteiger partial charge in [-0.1, -0.05) is 11.6 Å². The van der Waals surface area contributed by atoms with Crippen LogP contribution in [0.5, 0.6) is 5.75 Å². The molecule has 3 heterocycles. The highest BCUT2D eigenvalue weighted by Gasteiger charge is 2.29. The van der Waals surface area contributed by atoms with E-state index in [2.05, 4.69) is 14.9 Å². The number of rotatable bonds is 2. The first kappa shape index (κ1) is 14.6. The number of hydrogen-bond donors (Lipinski definition) is 1. The maximum absolute atomic E-state index is 12.6. The van der Waals surface area contributed by atoms with Crippen molar-refractivity contribution in [2.75, 3.05) is 6.61 Å². The number of nitrogens with zero attached hydrogens (tertiary/aromatic N) is 2. The third-order valence-electron chi connectivity index (χ3n) is 4.58. The maximum Gasteiger partial charge on any atom is 0.227 e. The third-order valence-corrected chi connectivity index (χ3v) is 4.82. The summed E-state index contributed by atoms with van der Waals surface area (Å²) in [5.41, 5.74) is 1.00. The molecule has 1 N–H and O–H groups in total. The molecule has 0 bridgehead atoms. The second-order valence-electron chi connectivity index (χ2n) is 6.20. The molecule has 0 radical (unpaired) electrons. The minimum absolute atomic E-state index is 0.0594. The number of aromatic nitrogens is 2. The van der Waals surface area contributed by atoms with Gasteiger partial charge in [-0.3, -0.25) is 4.79 Å². The van der Waals surface area contributed by atoms with Crippen LogP contribution in [0.1, 0.15) is 17.8 Å². The summed E-state index contributed by atoms with van der Waals surface area (Å²) in [5.74, 6) is 1.83. The van der Waals surface area contributed by atoms with Crippen LogP contribution in [0.2, 0.25) is 5.02 Å². The van der Waals surface area contributed by atoms with Gasteiger partial charge in [-0.05, 0) is 36.6 Å². The van der Waals surface area contributed by atoms with Crippen molar-refractivity contribution in [1.82, 2.24) is 14.9 Å². The number of ether oxygens (including phenoxy) is 1. The lowest BCUT2D eigenvalue weighted by molar-refractivity contribution is -0.127. The normalized spacial score (nSPS) is 22.7. The molecule has 2 aliphatic heterocycles. The molecular formula is C17H18ClN3O2. The van der Waals surface area contributed by atoms with E-state index in [-0.39, 0.29) is 17.9 Å². The average molecular weight is 332 g/mol. The number of aryl methyl sites for hydroxylation is 1. The molecule has 2 unspecified atom stereocenters. The summed E-state index contributed by atoms with van der Waals surface area (Å²) < 4.78 is 7.82. The quantitative estimate of drug-likeness (QED) is 0.918. The highest BCUT2D eigenvalue weighted by molar-refractivity contribution is 6.30. The molecule has 2 aromatic rings. The molecule has 0 fully saturated rings. The second-order valence-corrected chi connectivity index (χ2v) is 6.64. The highest BCUT2D eigenvalue weighted by atomic mass is 35.5. The Morgan fingerprint density at radius 2 is 2.35 bits per heavy atom. The van der Waals surface area contributed by atoms with Gasteiger partial charge in [0, 0.05) is 36.4 Å². The zero-order chi connectivity index (χ0) is 15.8. The maximum atomic E-state index is 12.6. The molecule has 0 saturated carbocycles. The molecule has 0 saturated heterocycles. The fraction of sp³-hybridized carbons (Fsp3) is 0.412. The first-order valence-corrected chi connectivity index (χ1v) is 8.28. The molecule has 2 aliphatic rings. The molecule has 23 heavy (non-hydrogen) atoms. The largest absolute Gasteiger partial charge is 0.492 e. The SMILES string of the molecule is O=C(NC1CCc2nccn2C1)C1COc2ccc(Cl)cc2C1. The van der Waals surface area contributed by atoms with Crippen molar-refractivity contribution in [3.05, 3.63) is 47.0 Å². The lowest BCUT2D eigenvalue weighted by Gasteiger charge is -2.29. The Hall–Kier alpha value is -2.01. The van der Waals surface area contributed by atoms with Crippen LogP contribution in [0, 0.1) is 5.92 Å². The van der Waals surface area contributed by atoms with Crippen LogP contribution in [0.4, 0.5) is 0 Å². The minimum atomic E-state index is -0.162. The average Bonchev–Trinajstić information content (AvgIpc) is 3.01. The molecule has 1 amide bonds. The van der Waals surface area contributed by atoms with Crippen molar-refractivity contribution in [2.45, 2.75) is 31.8 Å². The van der Waals surface area contributed by atoms with Crippen LogP contribution < -0.4 is 10.1 Å². The van der Waals surface area contributed by atoms with Crippen LogP contribution in [0.25, 0.3) is 0 Å². The molecule has 0 aliphatic carbocycles. The van der Waals surface area contributed by atoms with Gasteiger partial charge in [0.1, 0.15) is 18.2 Å². The summed E-state index contributed by atoms with van der Waals surface area (Å²) in [7, 11) is 0. The number of carbonyl (C=O) groups is 1. The zero-order valence-electron chi connectivity index (χ0n) is 12.7. The standard InChI is InChI=1S/C17H18ClN3O2/c18-13-1-3-15-11(8-13)7-12(10-23-15)17(22)20-14-2-4-16-19-5-6-21(16)9-14/h1,3,5-6,8,12,14H,2,4,7,9-10H2,(H,20,22). The molecule has 4 rings (SSSR count). The van der Waals surface area contributed by atoms with E-state index in [1.165, 1.54) is 0 Å². The monoisotopic (exact) mass is 331 g/mol. The Kier molecular flexibility index (Phi) is 3.73. The van der Waals surface area contributed by atoms with Crippen molar-refractivity contribution in [3.63, 3.8) is 0 Å². The van der Waals surface area contributed by atoms with Crippen LogP contribution >= 0.6 is 11.6 Å². The van der Waals surface area contributed by atoms with E-state index >= 15 is 0 Å². The molecule has 120 valence electrons. The second kappa shape index (κ2) is 5.89. The van der Waals surface area contributed by atoms with E-state index in [1.54, 1.807) is 0 Å². The fourth-order valence-corrected chi connectivity index (χ4v) is 3.53. The smallest absolute Gasteiger partial charge is 0.227 e. The number of fused-ring (bicyclic) bond motifs is 2. The van der Waals surface area contributed by atoms with E-state index in [0.717, 1.165) is 36.5 Å². The van der Waals surface area contributed by atoms with Gasteiger partial charge >= 0.3 is 0 Å². The number of amides is 1. The lowest BCUT2D eigenvalue weighted by atomic mass is 9.95. The Bertz CT molecular complexity index is 743. The van der Waals surface area contributed by atoms with Gasteiger partial charge in [0.25, 0.3) is 0 Å². The summed E-state index contributed by atoms with van der Waals surface area (Å²) in [4.78, 5) is 16.9. The number of benzene rings is 1. The molecule has 6 heteroatoms. The fourth-order valence-electron chi connectivity index (χ4n) is 3.33. The van der Waals surface area contributed by atoms with E-state index in [1.807, 2.05) is 30.6 Å². The summed E-state index contributed by atoms with van der Waals surface area (Å²) >= 11 is 6.03. The van der Waals surface area contributed by atoms with Gasteiger partial charge in [-0.2, -0.15) is 0 Å².